The molecule has 1 N–H and O–H groups in total. The minimum atomic E-state index is 0.251. The van der Waals surface area contributed by atoms with Gasteiger partial charge < -0.3 is 14.8 Å². The molecule has 1 aromatic carbocycles. The van der Waals surface area contributed by atoms with E-state index in [4.69, 9.17) is 9.47 Å². The summed E-state index contributed by atoms with van der Waals surface area (Å²) in [7, 11) is 3.42. The summed E-state index contributed by atoms with van der Waals surface area (Å²) >= 11 is 0. The first-order valence-electron chi connectivity index (χ1n) is 7.08. The van der Waals surface area contributed by atoms with Crippen LogP contribution in [0.3, 0.4) is 0 Å². The fourth-order valence-corrected chi connectivity index (χ4v) is 2.81. The lowest BCUT2D eigenvalue weighted by molar-refractivity contribution is 0.168. The maximum atomic E-state index is 5.55. The average Bonchev–Trinajstić information content (AvgIpc) is 2.52. The zero-order valence-corrected chi connectivity index (χ0v) is 12.4. The predicted octanol–water partition coefficient (Wildman–Crippen LogP) is 2.23. The second-order valence-electron chi connectivity index (χ2n) is 4.90. The summed E-state index contributed by atoms with van der Waals surface area (Å²) < 4.78 is 11.1. The van der Waals surface area contributed by atoms with Gasteiger partial charge in [-0.25, -0.2) is 0 Å². The van der Waals surface area contributed by atoms with Crippen LogP contribution in [0.15, 0.2) is 30.9 Å². The number of piperazine rings is 1. The lowest BCUT2D eigenvalue weighted by atomic mass is 9.98. The van der Waals surface area contributed by atoms with Crippen LogP contribution >= 0.6 is 0 Å². The Kier molecular flexibility index (Phi) is 5.44. The fraction of sp³-hybridized carbons (Fsp3) is 0.500. The maximum Gasteiger partial charge on any atom is 0.127 e. The molecular weight excluding hydrogens is 252 g/mol. The van der Waals surface area contributed by atoms with E-state index in [0.717, 1.165) is 49.7 Å². The minimum absolute atomic E-state index is 0.251. The van der Waals surface area contributed by atoms with E-state index in [2.05, 4.69) is 16.8 Å². The highest BCUT2D eigenvalue weighted by Gasteiger charge is 2.26. The molecule has 1 fully saturated rings. The van der Waals surface area contributed by atoms with Crippen molar-refractivity contribution in [1.82, 2.24) is 10.2 Å². The van der Waals surface area contributed by atoms with Crippen LogP contribution in [0.4, 0.5) is 0 Å². The predicted molar refractivity (Wildman–Crippen MR) is 81.5 cm³/mol. The lowest BCUT2D eigenvalue weighted by Crippen LogP contribution is -2.45. The quantitative estimate of drug-likeness (QED) is 0.808. The van der Waals surface area contributed by atoms with Crippen molar-refractivity contribution < 1.29 is 9.47 Å². The fourth-order valence-electron chi connectivity index (χ4n) is 2.81. The SMILES string of the molecule is C=CC[C@H](c1c(OC)cccc1OC)N1CCNCC1. The Morgan fingerprint density at radius 1 is 1.25 bits per heavy atom. The molecule has 0 aromatic heterocycles. The summed E-state index contributed by atoms with van der Waals surface area (Å²) in [6.45, 7) is 8.00. The van der Waals surface area contributed by atoms with Crippen molar-refractivity contribution in [3.63, 3.8) is 0 Å². The van der Waals surface area contributed by atoms with Gasteiger partial charge in [0.2, 0.25) is 0 Å². The van der Waals surface area contributed by atoms with Gasteiger partial charge in [-0.05, 0) is 18.6 Å². The van der Waals surface area contributed by atoms with Gasteiger partial charge in [-0.2, -0.15) is 0 Å². The second-order valence-corrected chi connectivity index (χ2v) is 4.90. The molecule has 1 aromatic rings. The first kappa shape index (κ1) is 14.9. The lowest BCUT2D eigenvalue weighted by Gasteiger charge is -2.35. The molecule has 1 saturated heterocycles. The highest BCUT2D eigenvalue weighted by molar-refractivity contribution is 5.47. The Morgan fingerprint density at radius 2 is 1.85 bits per heavy atom. The highest BCUT2D eigenvalue weighted by atomic mass is 16.5. The van der Waals surface area contributed by atoms with Crippen LogP contribution < -0.4 is 14.8 Å². The summed E-state index contributed by atoms with van der Waals surface area (Å²) in [4.78, 5) is 2.47. The van der Waals surface area contributed by atoms with Gasteiger partial charge in [-0.1, -0.05) is 12.1 Å². The maximum absolute atomic E-state index is 5.55. The van der Waals surface area contributed by atoms with Gasteiger partial charge in [0.25, 0.3) is 0 Å². The van der Waals surface area contributed by atoms with Gasteiger partial charge in [-0.3, -0.25) is 4.90 Å². The summed E-state index contributed by atoms with van der Waals surface area (Å²) in [6, 6.07) is 6.21. The zero-order chi connectivity index (χ0) is 14.4. The number of benzene rings is 1. The van der Waals surface area contributed by atoms with E-state index in [1.807, 2.05) is 24.3 Å². The van der Waals surface area contributed by atoms with Crippen LogP contribution in [-0.4, -0.2) is 45.3 Å². The van der Waals surface area contributed by atoms with Gasteiger partial charge in [0.1, 0.15) is 11.5 Å². The molecule has 0 spiro atoms. The van der Waals surface area contributed by atoms with Crippen LogP contribution in [0, 0.1) is 0 Å². The average molecular weight is 276 g/mol. The number of ether oxygens (including phenoxy) is 2. The topological polar surface area (TPSA) is 33.7 Å². The Labute approximate surface area is 121 Å². The number of rotatable bonds is 6. The molecule has 1 atom stereocenters. The van der Waals surface area contributed by atoms with Crippen LogP contribution in [0.5, 0.6) is 11.5 Å². The second kappa shape index (κ2) is 7.31. The third-order valence-corrected chi connectivity index (χ3v) is 3.78. The van der Waals surface area contributed by atoms with E-state index >= 15 is 0 Å². The van der Waals surface area contributed by atoms with Crippen LogP contribution in [0.1, 0.15) is 18.0 Å². The Balaban J connectivity index is 2.38. The largest absolute Gasteiger partial charge is 0.496 e. The van der Waals surface area contributed by atoms with Crippen molar-refractivity contribution >= 4 is 0 Å². The molecule has 110 valence electrons. The van der Waals surface area contributed by atoms with Crippen LogP contribution in [-0.2, 0) is 0 Å². The Bertz CT molecular complexity index is 420. The third kappa shape index (κ3) is 3.14. The molecule has 4 nitrogen and oxygen atoms in total. The molecule has 1 heterocycles. The number of methoxy groups -OCH3 is 2. The summed E-state index contributed by atoms with van der Waals surface area (Å²) in [6.07, 6.45) is 2.86. The normalized spacial score (nSPS) is 17.5. The molecule has 0 amide bonds. The van der Waals surface area contributed by atoms with Crippen molar-refractivity contribution in [3.05, 3.63) is 36.4 Å². The van der Waals surface area contributed by atoms with Crippen molar-refractivity contribution in [2.75, 3.05) is 40.4 Å². The van der Waals surface area contributed by atoms with Crippen LogP contribution in [0.2, 0.25) is 0 Å². The number of hydrogen-bond acceptors (Lipinski definition) is 4. The molecule has 4 heteroatoms. The molecule has 20 heavy (non-hydrogen) atoms. The molecule has 0 radical (unpaired) electrons. The molecule has 0 unspecified atom stereocenters. The van der Waals surface area contributed by atoms with Gasteiger partial charge in [0.15, 0.2) is 0 Å². The molecule has 2 rings (SSSR count). The van der Waals surface area contributed by atoms with Crippen LogP contribution in [0.25, 0.3) is 0 Å². The van der Waals surface area contributed by atoms with E-state index in [1.165, 1.54) is 0 Å². The molecule has 0 bridgehead atoms. The van der Waals surface area contributed by atoms with Crippen molar-refractivity contribution in [2.24, 2.45) is 0 Å². The van der Waals surface area contributed by atoms with E-state index in [0.29, 0.717) is 0 Å². The van der Waals surface area contributed by atoms with Gasteiger partial charge in [-0.15, -0.1) is 6.58 Å². The molecule has 1 aliphatic rings. The van der Waals surface area contributed by atoms with Gasteiger partial charge >= 0.3 is 0 Å². The Morgan fingerprint density at radius 3 is 2.35 bits per heavy atom. The molecule has 0 aliphatic carbocycles. The van der Waals surface area contributed by atoms with E-state index in [1.54, 1.807) is 14.2 Å². The summed E-state index contributed by atoms with van der Waals surface area (Å²) in [5.41, 5.74) is 1.12. The minimum Gasteiger partial charge on any atom is -0.496 e. The number of hydrogen-bond donors (Lipinski definition) is 1. The molecular formula is C16H24N2O2. The molecule has 1 aliphatic heterocycles. The molecule has 0 saturated carbocycles. The van der Waals surface area contributed by atoms with Crippen molar-refractivity contribution in [3.8, 4) is 11.5 Å². The van der Waals surface area contributed by atoms with Crippen molar-refractivity contribution in [2.45, 2.75) is 12.5 Å². The van der Waals surface area contributed by atoms with Gasteiger partial charge in [0.05, 0.1) is 19.8 Å². The third-order valence-electron chi connectivity index (χ3n) is 3.78. The number of nitrogens with one attached hydrogen (secondary N) is 1. The highest BCUT2D eigenvalue weighted by Crippen LogP contribution is 2.39. The van der Waals surface area contributed by atoms with E-state index in [9.17, 15) is 0 Å². The van der Waals surface area contributed by atoms with E-state index in [-0.39, 0.29) is 6.04 Å². The number of nitrogens with zero attached hydrogens (tertiary/aromatic N) is 1. The zero-order valence-electron chi connectivity index (χ0n) is 12.4. The van der Waals surface area contributed by atoms with Crippen molar-refractivity contribution in [1.29, 1.82) is 0 Å². The summed E-state index contributed by atoms with van der Waals surface area (Å²) in [5, 5.41) is 3.39. The smallest absolute Gasteiger partial charge is 0.127 e. The summed E-state index contributed by atoms with van der Waals surface area (Å²) in [5.74, 6) is 1.77. The first-order valence-corrected chi connectivity index (χ1v) is 7.08. The first-order chi connectivity index (χ1) is 9.81. The monoisotopic (exact) mass is 276 g/mol. The Hall–Kier alpha value is -1.52. The van der Waals surface area contributed by atoms with E-state index < -0.39 is 0 Å². The standard InChI is InChI=1S/C16H24N2O2/c1-4-6-13(18-11-9-17-10-12-18)16-14(19-2)7-5-8-15(16)20-3/h4-5,7-8,13,17H,1,6,9-12H2,2-3H3/t13-/m1/s1. The van der Waals surface area contributed by atoms with Gasteiger partial charge in [0, 0.05) is 32.2 Å².